The lowest BCUT2D eigenvalue weighted by molar-refractivity contribution is -0.117. The molecule has 2 heterocycles. The number of anilines is 1. The molecule has 6 nitrogen and oxygen atoms in total. The Morgan fingerprint density at radius 1 is 1.14 bits per heavy atom. The van der Waals surface area contributed by atoms with Crippen LogP contribution in [-0.4, -0.2) is 15.9 Å². The van der Waals surface area contributed by atoms with Gasteiger partial charge in [0.1, 0.15) is 0 Å². The zero-order valence-electron chi connectivity index (χ0n) is 14.7. The summed E-state index contributed by atoms with van der Waals surface area (Å²) in [5.74, 6) is -1.18. The van der Waals surface area contributed by atoms with Crippen molar-refractivity contribution in [1.82, 2.24) is 9.97 Å². The predicted octanol–water partition coefficient (Wildman–Crippen LogP) is 4.13. The number of aromatic amines is 1. The molecule has 4 rings (SSSR count). The minimum Gasteiger partial charge on any atom is -0.408 e. The molecule has 1 atom stereocenters. The van der Waals surface area contributed by atoms with Crippen LogP contribution in [0.25, 0.3) is 11.1 Å². The van der Waals surface area contributed by atoms with Gasteiger partial charge in [-0.25, -0.2) is 4.79 Å². The molecule has 2 N–H and O–H groups in total. The van der Waals surface area contributed by atoms with Gasteiger partial charge in [-0.05, 0) is 42.0 Å². The van der Waals surface area contributed by atoms with E-state index in [0.717, 1.165) is 11.3 Å². The first-order valence-electron chi connectivity index (χ1n) is 8.67. The van der Waals surface area contributed by atoms with Crippen molar-refractivity contribution in [2.45, 2.75) is 12.3 Å². The van der Waals surface area contributed by atoms with E-state index in [2.05, 4.69) is 15.3 Å². The molecular formula is C21H16ClN3O3. The van der Waals surface area contributed by atoms with Crippen molar-refractivity contribution < 1.29 is 9.21 Å². The first-order valence-corrected chi connectivity index (χ1v) is 9.05. The number of oxazole rings is 1. The van der Waals surface area contributed by atoms with Crippen LogP contribution in [-0.2, 0) is 11.2 Å². The summed E-state index contributed by atoms with van der Waals surface area (Å²) in [7, 11) is 0. The second-order valence-corrected chi connectivity index (χ2v) is 6.78. The fourth-order valence-electron chi connectivity index (χ4n) is 3.04. The molecule has 4 aromatic rings. The monoisotopic (exact) mass is 393 g/mol. The zero-order chi connectivity index (χ0) is 19.5. The molecule has 7 heteroatoms. The third-order valence-electron chi connectivity index (χ3n) is 4.42. The van der Waals surface area contributed by atoms with Gasteiger partial charge in [-0.15, -0.1) is 0 Å². The van der Waals surface area contributed by atoms with Gasteiger partial charge in [0.2, 0.25) is 5.91 Å². The molecule has 0 aliphatic heterocycles. The maximum absolute atomic E-state index is 13.1. The fourth-order valence-corrected chi connectivity index (χ4v) is 3.16. The predicted molar refractivity (Wildman–Crippen MR) is 108 cm³/mol. The lowest BCUT2D eigenvalue weighted by Gasteiger charge is -2.17. The van der Waals surface area contributed by atoms with Gasteiger partial charge in [0.15, 0.2) is 5.58 Å². The Kier molecular flexibility index (Phi) is 4.95. The summed E-state index contributed by atoms with van der Waals surface area (Å²) in [6.07, 6.45) is 2.14. The van der Waals surface area contributed by atoms with E-state index in [-0.39, 0.29) is 5.91 Å². The topological polar surface area (TPSA) is 88.0 Å². The first-order chi connectivity index (χ1) is 13.6. The van der Waals surface area contributed by atoms with Gasteiger partial charge < -0.3 is 9.73 Å². The fraction of sp³-hybridized carbons (Fsp3) is 0.0952. The summed E-state index contributed by atoms with van der Waals surface area (Å²) in [4.78, 5) is 31.3. The van der Waals surface area contributed by atoms with E-state index in [4.69, 9.17) is 16.0 Å². The highest BCUT2D eigenvalue weighted by atomic mass is 35.5. The van der Waals surface area contributed by atoms with Crippen LogP contribution in [0.5, 0.6) is 0 Å². The summed E-state index contributed by atoms with van der Waals surface area (Å²) in [6.45, 7) is 0. The quantitative estimate of drug-likeness (QED) is 0.533. The van der Waals surface area contributed by atoms with Crippen LogP contribution in [0, 0.1) is 0 Å². The van der Waals surface area contributed by atoms with Crippen molar-refractivity contribution in [1.29, 1.82) is 0 Å². The lowest BCUT2D eigenvalue weighted by Crippen LogP contribution is -2.23. The van der Waals surface area contributed by atoms with Crippen LogP contribution in [0.15, 0.2) is 76.1 Å². The maximum atomic E-state index is 13.1. The zero-order valence-corrected chi connectivity index (χ0v) is 15.4. The van der Waals surface area contributed by atoms with Gasteiger partial charge in [0.25, 0.3) is 0 Å². The van der Waals surface area contributed by atoms with Gasteiger partial charge in [-0.1, -0.05) is 29.8 Å². The van der Waals surface area contributed by atoms with E-state index in [1.54, 1.807) is 36.5 Å². The number of hydrogen-bond donors (Lipinski definition) is 2. The molecule has 2 aromatic heterocycles. The van der Waals surface area contributed by atoms with E-state index in [0.29, 0.717) is 28.2 Å². The van der Waals surface area contributed by atoms with Crippen molar-refractivity contribution in [2.75, 3.05) is 5.32 Å². The van der Waals surface area contributed by atoms with Crippen molar-refractivity contribution in [3.8, 4) is 0 Å². The number of aromatic nitrogens is 2. The number of H-pyrrole nitrogens is 1. The maximum Gasteiger partial charge on any atom is 0.417 e. The van der Waals surface area contributed by atoms with Gasteiger partial charge in [0.05, 0.1) is 11.4 Å². The highest BCUT2D eigenvalue weighted by Gasteiger charge is 2.22. The molecule has 0 aliphatic carbocycles. The number of nitrogens with one attached hydrogen (secondary N) is 2. The lowest BCUT2D eigenvalue weighted by atomic mass is 9.93. The van der Waals surface area contributed by atoms with Crippen LogP contribution in [0.4, 0.5) is 5.69 Å². The summed E-state index contributed by atoms with van der Waals surface area (Å²) in [5.41, 5.74) is 3.15. The van der Waals surface area contributed by atoms with Crippen molar-refractivity contribution >= 4 is 34.3 Å². The van der Waals surface area contributed by atoms with Crippen LogP contribution in [0.3, 0.4) is 0 Å². The molecule has 0 fully saturated rings. The number of carbonyl (C=O) groups excluding carboxylic acids is 1. The number of nitrogens with zero attached hydrogens (tertiary/aromatic N) is 1. The molecule has 140 valence electrons. The van der Waals surface area contributed by atoms with E-state index < -0.39 is 11.7 Å². The van der Waals surface area contributed by atoms with Crippen molar-refractivity contribution in [2.24, 2.45) is 0 Å². The van der Waals surface area contributed by atoms with Crippen LogP contribution < -0.4 is 11.1 Å². The average Bonchev–Trinajstić information content (AvgIpc) is 3.07. The molecule has 0 saturated heterocycles. The summed E-state index contributed by atoms with van der Waals surface area (Å²) in [5, 5.41) is 3.51. The van der Waals surface area contributed by atoms with Crippen LogP contribution >= 0.6 is 11.6 Å². The Morgan fingerprint density at radius 2 is 1.96 bits per heavy atom. The third kappa shape index (κ3) is 3.97. The number of carbonyl (C=O) groups is 1. The van der Waals surface area contributed by atoms with Crippen molar-refractivity contribution in [3.05, 3.63) is 93.7 Å². The number of halogens is 1. The standard InChI is InChI=1S/C21H16ClN3O3/c22-14-6-4-13(5-7-14)17(11-15-3-1-2-10-23-15)20(26)24-16-8-9-18-19(12-16)28-21(27)25-18/h1-10,12,17H,11H2,(H,24,26)(H,25,27). The Hall–Kier alpha value is -3.38. The molecule has 1 unspecified atom stereocenters. The van der Waals surface area contributed by atoms with Gasteiger partial charge >= 0.3 is 5.76 Å². The second kappa shape index (κ2) is 7.70. The van der Waals surface area contributed by atoms with Crippen molar-refractivity contribution in [3.63, 3.8) is 0 Å². The molecular weight excluding hydrogens is 378 g/mol. The highest BCUT2D eigenvalue weighted by molar-refractivity contribution is 6.30. The van der Waals surface area contributed by atoms with E-state index in [9.17, 15) is 9.59 Å². The minimum absolute atomic E-state index is 0.190. The van der Waals surface area contributed by atoms with Crippen LogP contribution in [0.2, 0.25) is 5.02 Å². The number of hydrogen-bond acceptors (Lipinski definition) is 4. The average molecular weight is 394 g/mol. The number of rotatable bonds is 5. The first kappa shape index (κ1) is 18.0. The Bertz CT molecular complexity index is 1170. The van der Waals surface area contributed by atoms with Gasteiger partial charge in [-0.2, -0.15) is 0 Å². The Morgan fingerprint density at radius 3 is 2.71 bits per heavy atom. The van der Waals surface area contributed by atoms with Gasteiger partial charge in [-0.3, -0.25) is 14.8 Å². The molecule has 0 bridgehead atoms. The summed E-state index contributed by atoms with van der Waals surface area (Å²) >= 11 is 5.99. The summed E-state index contributed by atoms with van der Waals surface area (Å²) in [6, 6.07) is 17.8. The smallest absolute Gasteiger partial charge is 0.408 e. The molecule has 0 spiro atoms. The normalized spacial score (nSPS) is 12.0. The largest absolute Gasteiger partial charge is 0.417 e. The number of amides is 1. The van der Waals surface area contributed by atoms with Gasteiger partial charge in [0, 0.05) is 35.1 Å². The number of fused-ring (bicyclic) bond motifs is 1. The highest BCUT2D eigenvalue weighted by Crippen LogP contribution is 2.25. The molecule has 2 aromatic carbocycles. The SMILES string of the molecule is O=C(Nc1ccc2[nH]c(=O)oc2c1)C(Cc1ccccn1)c1ccc(Cl)cc1. The van der Waals surface area contributed by atoms with E-state index in [1.165, 1.54) is 0 Å². The third-order valence-corrected chi connectivity index (χ3v) is 4.67. The molecule has 1 amide bonds. The number of pyridine rings is 1. The molecule has 0 radical (unpaired) electrons. The molecule has 0 saturated carbocycles. The minimum atomic E-state index is -0.535. The Balaban J connectivity index is 1.62. The summed E-state index contributed by atoms with van der Waals surface area (Å²) < 4.78 is 5.06. The second-order valence-electron chi connectivity index (χ2n) is 6.34. The Labute approximate surface area is 165 Å². The molecule has 28 heavy (non-hydrogen) atoms. The van der Waals surface area contributed by atoms with Crippen LogP contribution in [0.1, 0.15) is 17.2 Å². The molecule has 0 aliphatic rings. The van der Waals surface area contributed by atoms with E-state index >= 15 is 0 Å². The number of benzene rings is 2. The van der Waals surface area contributed by atoms with E-state index in [1.807, 2.05) is 30.3 Å².